The van der Waals surface area contributed by atoms with Crippen LogP contribution in [0, 0.1) is 5.41 Å². The highest BCUT2D eigenvalue weighted by Crippen LogP contribution is 2.12. The number of hydrogen-bond acceptors (Lipinski definition) is 4. The van der Waals surface area contributed by atoms with Gasteiger partial charge >= 0.3 is 0 Å². The lowest BCUT2D eigenvalue weighted by atomic mass is 10.2. The van der Waals surface area contributed by atoms with Gasteiger partial charge in [0.15, 0.2) is 9.84 Å². The molecule has 6 heteroatoms. The lowest BCUT2D eigenvalue weighted by Crippen LogP contribution is -2.30. The van der Waals surface area contributed by atoms with Crippen LogP contribution in [0.1, 0.15) is 25.8 Å². The standard InChI is InChI=1S/C14H23N3O2S/c1-3-9-17(4-2)10-11-20(18,19)13-7-5-12(6-8-13)14(15)16/h5-8H,3-4,9-11H2,1-2H3,(H3,15,16). The molecule has 0 atom stereocenters. The number of hydrogen-bond donors (Lipinski definition) is 2. The van der Waals surface area contributed by atoms with Crippen LogP contribution < -0.4 is 5.73 Å². The highest BCUT2D eigenvalue weighted by molar-refractivity contribution is 7.91. The second-order valence-electron chi connectivity index (χ2n) is 4.69. The maximum atomic E-state index is 12.2. The molecule has 20 heavy (non-hydrogen) atoms. The third kappa shape index (κ3) is 4.61. The number of sulfone groups is 1. The number of nitrogens with zero attached hydrogens (tertiary/aromatic N) is 1. The molecule has 0 fully saturated rings. The Balaban J connectivity index is 2.75. The molecule has 0 heterocycles. The fourth-order valence-electron chi connectivity index (χ4n) is 1.95. The average molecular weight is 297 g/mol. The van der Waals surface area contributed by atoms with Crippen molar-refractivity contribution in [3.05, 3.63) is 29.8 Å². The van der Waals surface area contributed by atoms with Crippen LogP contribution in [0.4, 0.5) is 0 Å². The smallest absolute Gasteiger partial charge is 0.179 e. The topological polar surface area (TPSA) is 87.2 Å². The highest BCUT2D eigenvalue weighted by Gasteiger charge is 2.16. The maximum Gasteiger partial charge on any atom is 0.179 e. The number of benzene rings is 1. The number of nitrogens with one attached hydrogen (secondary N) is 1. The predicted molar refractivity (Wildman–Crippen MR) is 81.9 cm³/mol. The van der Waals surface area contributed by atoms with E-state index in [1.54, 1.807) is 12.1 Å². The van der Waals surface area contributed by atoms with Crippen molar-refractivity contribution in [3.8, 4) is 0 Å². The minimum absolute atomic E-state index is 0.0611. The van der Waals surface area contributed by atoms with Crippen molar-refractivity contribution in [2.45, 2.75) is 25.2 Å². The van der Waals surface area contributed by atoms with E-state index in [4.69, 9.17) is 11.1 Å². The summed E-state index contributed by atoms with van der Waals surface area (Å²) in [7, 11) is -3.28. The van der Waals surface area contributed by atoms with Crippen molar-refractivity contribution >= 4 is 15.7 Å². The summed E-state index contributed by atoms with van der Waals surface area (Å²) >= 11 is 0. The van der Waals surface area contributed by atoms with Gasteiger partial charge in [-0.25, -0.2) is 8.42 Å². The summed E-state index contributed by atoms with van der Waals surface area (Å²) < 4.78 is 24.5. The van der Waals surface area contributed by atoms with Gasteiger partial charge in [-0.1, -0.05) is 26.0 Å². The first kappa shape index (κ1) is 16.7. The monoisotopic (exact) mass is 297 g/mol. The molecule has 0 saturated heterocycles. The molecular formula is C14H23N3O2S. The minimum atomic E-state index is -3.28. The third-order valence-corrected chi connectivity index (χ3v) is 4.90. The molecule has 112 valence electrons. The summed E-state index contributed by atoms with van der Waals surface area (Å²) in [5.74, 6) is 0.0503. The van der Waals surface area contributed by atoms with Crippen molar-refractivity contribution in [2.24, 2.45) is 5.73 Å². The summed E-state index contributed by atoms with van der Waals surface area (Å²) in [6, 6.07) is 6.17. The number of amidine groups is 1. The van der Waals surface area contributed by atoms with Gasteiger partial charge in [0.25, 0.3) is 0 Å². The number of nitrogens with two attached hydrogens (primary N) is 1. The fourth-order valence-corrected chi connectivity index (χ4v) is 3.24. The van der Waals surface area contributed by atoms with Gasteiger partial charge in [0.1, 0.15) is 5.84 Å². The Morgan fingerprint density at radius 3 is 2.25 bits per heavy atom. The van der Waals surface area contributed by atoms with Gasteiger partial charge in [0.2, 0.25) is 0 Å². The van der Waals surface area contributed by atoms with Crippen molar-refractivity contribution in [2.75, 3.05) is 25.4 Å². The quantitative estimate of drug-likeness (QED) is 0.562. The number of rotatable bonds is 8. The number of nitrogen functional groups attached to an aromatic ring is 1. The van der Waals surface area contributed by atoms with Crippen LogP contribution in [-0.4, -0.2) is 44.5 Å². The largest absolute Gasteiger partial charge is 0.384 e. The van der Waals surface area contributed by atoms with Gasteiger partial charge in [-0.3, -0.25) is 5.41 Å². The van der Waals surface area contributed by atoms with E-state index >= 15 is 0 Å². The minimum Gasteiger partial charge on any atom is -0.384 e. The normalized spacial score (nSPS) is 11.8. The maximum absolute atomic E-state index is 12.2. The molecule has 1 aromatic carbocycles. The van der Waals surface area contributed by atoms with Crippen LogP contribution in [0.2, 0.25) is 0 Å². The Hall–Kier alpha value is -1.40. The van der Waals surface area contributed by atoms with E-state index in [0.717, 1.165) is 19.5 Å². The molecular weight excluding hydrogens is 274 g/mol. The first-order chi connectivity index (χ1) is 9.40. The van der Waals surface area contributed by atoms with E-state index in [9.17, 15) is 8.42 Å². The lowest BCUT2D eigenvalue weighted by molar-refractivity contribution is 0.305. The first-order valence-electron chi connectivity index (χ1n) is 6.80. The van der Waals surface area contributed by atoms with Gasteiger partial charge in [0.05, 0.1) is 10.6 Å². The Morgan fingerprint density at radius 2 is 1.80 bits per heavy atom. The van der Waals surface area contributed by atoms with E-state index in [-0.39, 0.29) is 16.5 Å². The van der Waals surface area contributed by atoms with Crippen LogP contribution in [0.25, 0.3) is 0 Å². The fraction of sp³-hybridized carbons (Fsp3) is 0.500. The molecule has 0 aliphatic rings. The predicted octanol–water partition coefficient (Wildman–Crippen LogP) is 1.48. The zero-order valence-electron chi connectivity index (χ0n) is 12.1. The Kier molecular flexibility index (Phi) is 6.16. The van der Waals surface area contributed by atoms with E-state index in [1.807, 2.05) is 6.92 Å². The zero-order chi connectivity index (χ0) is 15.2. The molecule has 1 rings (SSSR count). The molecule has 0 amide bonds. The SMILES string of the molecule is CCCN(CC)CCS(=O)(=O)c1ccc(C(=N)N)cc1. The summed E-state index contributed by atoms with van der Waals surface area (Å²) in [5.41, 5.74) is 5.88. The average Bonchev–Trinajstić information content (AvgIpc) is 2.43. The molecule has 1 aromatic rings. The molecule has 0 bridgehead atoms. The Labute approximate surface area is 121 Å². The van der Waals surface area contributed by atoms with E-state index in [1.165, 1.54) is 12.1 Å². The van der Waals surface area contributed by atoms with Crippen LogP contribution in [0.5, 0.6) is 0 Å². The second kappa shape index (κ2) is 7.40. The van der Waals surface area contributed by atoms with Crippen LogP contribution in [0.3, 0.4) is 0 Å². The van der Waals surface area contributed by atoms with Crippen molar-refractivity contribution < 1.29 is 8.42 Å². The molecule has 0 aliphatic heterocycles. The molecule has 0 aliphatic carbocycles. The summed E-state index contributed by atoms with van der Waals surface area (Å²) in [5, 5.41) is 7.29. The van der Waals surface area contributed by atoms with E-state index < -0.39 is 9.84 Å². The van der Waals surface area contributed by atoms with Gasteiger partial charge in [-0.15, -0.1) is 0 Å². The van der Waals surface area contributed by atoms with E-state index in [2.05, 4.69) is 11.8 Å². The van der Waals surface area contributed by atoms with Crippen molar-refractivity contribution in [1.29, 1.82) is 5.41 Å². The van der Waals surface area contributed by atoms with Gasteiger partial charge in [-0.2, -0.15) is 0 Å². The van der Waals surface area contributed by atoms with Crippen LogP contribution in [-0.2, 0) is 9.84 Å². The molecule has 0 spiro atoms. The first-order valence-corrected chi connectivity index (χ1v) is 8.45. The Bertz CT molecular complexity index is 538. The van der Waals surface area contributed by atoms with Gasteiger partial charge in [-0.05, 0) is 31.6 Å². The summed E-state index contributed by atoms with van der Waals surface area (Å²) in [4.78, 5) is 2.41. The lowest BCUT2D eigenvalue weighted by Gasteiger charge is -2.19. The van der Waals surface area contributed by atoms with Crippen molar-refractivity contribution in [1.82, 2.24) is 4.90 Å². The molecule has 0 aromatic heterocycles. The van der Waals surface area contributed by atoms with Gasteiger partial charge < -0.3 is 10.6 Å². The molecule has 5 nitrogen and oxygen atoms in total. The third-order valence-electron chi connectivity index (χ3n) is 3.19. The highest BCUT2D eigenvalue weighted by atomic mass is 32.2. The zero-order valence-corrected chi connectivity index (χ0v) is 12.9. The summed E-state index contributed by atoms with van der Waals surface area (Å²) in [6.45, 7) is 6.42. The second-order valence-corrected chi connectivity index (χ2v) is 6.80. The van der Waals surface area contributed by atoms with Crippen LogP contribution in [0.15, 0.2) is 29.2 Å². The molecule has 0 unspecified atom stereocenters. The van der Waals surface area contributed by atoms with Gasteiger partial charge in [0, 0.05) is 12.1 Å². The summed E-state index contributed by atoms with van der Waals surface area (Å²) in [6.07, 6.45) is 1.02. The Morgan fingerprint density at radius 1 is 1.20 bits per heavy atom. The molecule has 3 N–H and O–H groups in total. The molecule has 0 radical (unpaired) electrons. The van der Waals surface area contributed by atoms with Crippen LogP contribution >= 0.6 is 0 Å². The molecule has 0 saturated carbocycles. The van der Waals surface area contributed by atoms with E-state index in [0.29, 0.717) is 12.1 Å². The van der Waals surface area contributed by atoms with Crippen molar-refractivity contribution in [3.63, 3.8) is 0 Å².